The summed E-state index contributed by atoms with van der Waals surface area (Å²) in [6, 6.07) is 2.00. The average molecular weight is 105 g/mol. The van der Waals surface area contributed by atoms with E-state index in [-0.39, 0.29) is 0 Å². The number of hydrogen-bond acceptors (Lipinski definition) is 0. The van der Waals surface area contributed by atoms with Crippen LogP contribution in [0.5, 0.6) is 0 Å². The second-order valence-electron chi connectivity index (χ2n) is 1.67. The van der Waals surface area contributed by atoms with E-state index in [1.165, 1.54) is 0 Å². The molecule has 40 valence electrons. The van der Waals surface area contributed by atoms with Crippen LogP contribution in [0.1, 0.15) is 0 Å². The number of aromatic nitrogens is 1. The first kappa shape index (κ1) is 5.35. The van der Waals surface area contributed by atoms with Gasteiger partial charge < -0.3 is 0 Å². The summed E-state index contributed by atoms with van der Waals surface area (Å²) in [5, 5.41) is 0. The summed E-state index contributed by atoms with van der Waals surface area (Å²) in [6.45, 7) is 4.52. The van der Waals surface area contributed by atoms with Crippen molar-refractivity contribution in [2.75, 3.05) is 0 Å². The zero-order valence-corrected chi connectivity index (χ0v) is 4.75. The molecule has 0 aliphatic carbocycles. The molecule has 0 fully saturated rings. The van der Waals surface area contributed by atoms with E-state index in [1.807, 2.05) is 31.4 Å². The number of nitrogens with zero attached hydrogens (tertiary/aromatic N) is 1. The Kier molecular flexibility index (Phi) is 1.68. The molecule has 1 nitrogen and oxygen atoms in total. The van der Waals surface area contributed by atoms with Crippen molar-refractivity contribution in [3.8, 4) is 0 Å². The predicted octanol–water partition coefficient (Wildman–Crippen LogP) is 1.01. The standard InChI is InChI=1S/C6H8BN/c1-2-5-8-6-3-4-7-8/h2-4,6H,1,5H2. The molecule has 1 rings (SSSR count). The van der Waals surface area contributed by atoms with Crippen LogP contribution in [-0.2, 0) is 6.54 Å². The first-order chi connectivity index (χ1) is 3.93. The first-order valence-electron chi connectivity index (χ1n) is 2.65. The van der Waals surface area contributed by atoms with Crippen molar-refractivity contribution in [3.63, 3.8) is 0 Å². The van der Waals surface area contributed by atoms with Crippen molar-refractivity contribution < 1.29 is 0 Å². The minimum absolute atomic E-state index is 0.910. The predicted molar refractivity (Wildman–Crippen MR) is 36.0 cm³/mol. The molecule has 0 bridgehead atoms. The van der Waals surface area contributed by atoms with Crippen molar-refractivity contribution in [2.24, 2.45) is 0 Å². The number of allylic oxidation sites excluding steroid dienone is 1. The van der Waals surface area contributed by atoms with E-state index < -0.39 is 0 Å². The molecule has 1 heterocycles. The normalized spacial score (nSPS) is 8.50. The number of hydrogen-bond donors (Lipinski definition) is 0. The van der Waals surface area contributed by atoms with E-state index in [0.717, 1.165) is 6.54 Å². The maximum absolute atomic E-state index is 3.61. The fourth-order valence-corrected chi connectivity index (χ4v) is 0.641. The molecule has 0 radical (unpaired) electrons. The van der Waals surface area contributed by atoms with Gasteiger partial charge in [-0.25, -0.2) is 0 Å². The summed E-state index contributed by atoms with van der Waals surface area (Å²) < 4.78 is 2.06. The van der Waals surface area contributed by atoms with Crippen LogP contribution in [0.25, 0.3) is 0 Å². The van der Waals surface area contributed by atoms with Crippen molar-refractivity contribution in [3.05, 3.63) is 30.9 Å². The van der Waals surface area contributed by atoms with Gasteiger partial charge in [0.05, 0.1) is 0 Å². The molecule has 1 aromatic heterocycles. The van der Waals surface area contributed by atoms with Gasteiger partial charge >= 0.3 is 49.0 Å². The zero-order chi connectivity index (χ0) is 5.82. The van der Waals surface area contributed by atoms with Gasteiger partial charge in [-0.1, -0.05) is 0 Å². The summed E-state index contributed by atoms with van der Waals surface area (Å²) in [7, 11) is 2.02. The van der Waals surface area contributed by atoms with E-state index in [9.17, 15) is 0 Å². The van der Waals surface area contributed by atoms with Crippen LogP contribution in [0.2, 0.25) is 0 Å². The van der Waals surface area contributed by atoms with E-state index in [4.69, 9.17) is 0 Å². The maximum atomic E-state index is 3.61. The summed E-state index contributed by atoms with van der Waals surface area (Å²) in [6.07, 6.45) is 3.89. The Hall–Kier alpha value is -0.785. The molecule has 0 aliphatic heterocycles. The summed E-state index contributed by atoms with van der Waals surface area (Å²) >= 11 is 0. The molecule has 0 spiro atoms. The second kappa shape index (κ2) is 2.50. The van der Waals surface area contributed by atoms with Gasteiger partial charge in [-0.15, -0.1) is 0 Å². The Morgan fingerprint density at radius 1 is 1.75 bits per heavy atom. The van der Waals surface area contributed by atoms with Gasteiger partial charge in [0, 0.05) is 0 Å². The fourth-order valence-electron chi connectivity index (χ4n) is 0.641. The van der Waals surface area contributed by atoms with Gasteiger partial charge in [-0.05, 0) is 0 Å². The Bertz CT molecular complexity index is 155. The minimum atomic E-state index is 0.910. The third-order valence-corrected chi connectivity index (χ3v) is 1.01. The van der Waals surface area contributed by atoms with Crippen molar-refractivity contribution >= 4 is 7.05 Å². The molecule has 1 aromatic rings. The molecular formula is C6H8BN. The van der Waals surface area contributed by atoms with Crippen LogP contribution in [0.4, 0.5) is 0 Å². The van der Waals surface area contributed by atoms with Gasteiger partial charge in [-0.2, -0.15) is 0 Å². The molecule has 0 saturated carbocycles. The van der Waals surface area contributed by atoms with Gasteiger partial charge in [0.1, 0.15) is 0 Å². The van der Waals surface area contributed by atoms with E-state index in [0.29, 0.717) is 0 Å². The van der Waals surface area contributed by atoms with E-state index in [1.54, 1.807) is 0 Å². The molecular weight excluding hydrogens is 96.9 g/mol. The SMILES string of the molecule is C=CCn1bccc1. The van der Waals surface area contributed by atoms with E-state index in [2.05, 4.69) is 11.1 Å². The van der Waals surface area contributed by atoms with Crippen LogP contribution < -0.4 is 0 Å². The molecule has 0 amide bonds. The molecule has 0 saturated heterocycles. The zero-order valence-electron chi connectivity index (χ0n) is 4.75. The Morgan fingerprint density at radius 2 is 2.62 bits per heavy atom. The monoisotopic (exact) mass is 105 g/mol. The molecule has 2 heteroatoms. The van der Waals surface area contributed by atoms with Crippen LogP contribution in [0.15, 0.2) is 30.9 Å². The average Bonchev–Trinajstić information content (AvgIpc) is 2.19. The van der Waals surface area contributed by atoms with Gasteiger partial charge in [0.15, 0.2) is 0 Å². The molecule has 0 atom stereocenters. The first-order valence-corrected chi connectivity index (χ1v) is 2.65. The topological polar surface area (TPSA) is 4.93 Å². The third kappa shape index (κ3) is 1.09. The van der Waals surface area contributed by atoms with Gasteiger partial charge in [0.25, 0.3) is 0 Å². The van der Waals surface area contributed by atoms with Crippen LogP contribution in [0.3, 0.4) is 0 Å². The summed E-state index contributed by atoms with van der Waals surface area (Å²) in [5.74, 6) is 2.00. The van der Waals surface area contributed by atoms with Crippen LogP contribution in [-0.4, -0.2) is 11.5 Å². The second-order valence-corrected chi connectivity index (χ2v) is 1.67. The van der Waals surface area contributed by atoms with Crippen molar-refractivity contribution in [1.82, 2.24) is 4.47 Å². The Morgan fingerprint density at radius 3 is 3.12 bits per heavy atom. The Labute approximate surface area is 49.9 Å². The van der Waals surface area contributed by atoms with Crippen molar-refractivity contribution in [1.29, 1.82) is 0 Å². The van der Waals surface area contributed by atoms with Crippen molar-refractivity contribution in [2.45, 2.75) is 6.54 Å². The molecule has 0 aromatic carbocycles. The van der Waals surface area contributed by atoms with Gasteiger partial charge in [0.2, 0.25) is 0 Å². The van der Waals surface area contributed by atoms with Crippen LogP contribution in [0, 0.1) is 0 Å². The molecule has 0 N–H and O–H groups in total. The molecule has 8 heavy (non-hydrogen) atoms. The molecule has 0 unspecified atom stereocenters. The Balaban J connectivity index is 2.62. The fraction of sp³-hybridized carbons (Fsp3) is 0.167. The van der Waals surface area contributed by atoms with E-state index >= 15 is 0 Å². The molecule has 0 aliphatic rings. The quantitative estimate of drug-likeness (QED) is 0.494. The summed E-state index contributed by atoms with van der Waals surface area (Å²) in [4.78, 5) is 0. The van der Waals surface area contributed by atoms with Gasteiger partial charge in [-0.3, -0.25) is 0 Å². The van der Waals surface area contributed by atoms with Crippen LogP contribution >= 0.6 is 0 Å². The summed E-state index contributed by atoms with van der Waals surface area (Å²) in [5.41, 5.74) is 0. The third-order valence-electron chi connectivity index (χ3n) is 1.01. The number of rotatable bonds is 2.